The summed E-state index contributed by atoms with van der Waals surface area (Å²) in [6.45, 7) is 0.279. The first kappa shape index (κ1) is 14.4. The molecular formula is C17H10ClFN2OS. The van der Waals surface area contributed by atoms with E-state index in [0.717, 1.165) is 10.1 Å². The number of hydrogen-bond donors (Lipinski definition) is 0. The van der Waals surface area contributed by atoms with Crippen LogP contribution in [-0.4, -0.2) is 9.55 Å². The number of halogens is 2. The molecule has 0 bridgehead atoms. The van der Waals surface area contributed by atoms with Gasteiger partial charge in [0.15, 0.2) is 0 Å². The zero-order chi connectivity index (χ0) is 16.0. The molecule has 6 heteroatoms. The zero-order valence-electron chi connectivity index (χ0n) is 11.8. The van der Waals surface area contributed by atoms with Crippen LogP contribution in [0.3, 0.4) is 0 Å². The molecule has 3 nitrogen and oxygen atoms in total. The Hall–Kier alpha value is -2.24. The van der Waals surface area contributed by atoms with E-state index in [1.807, 2.05) is 12.1 Å². The second-order valence-electron chi connectivity index (χ2n) is 5.20. The third-order valence-corrected chi connectivity index (χ3v) is 5.11. The SMILES string of the molecule is O=c1c2sc3cccc(Cl)c3c2ncn1Cc1cccc(F)c1. The highest BCUT2D eigenvalue weighted by Gasteiger charge is 2.13. The van der Waals surface area contributed by atoms with E-state index in [9.17, 15) is 9.18 Å². The molecule has 2 aromatic heterocycles. The van der Waals surface area contributed by atoms with Gasteiger partial charge in [-0.1, -0.05) is 29.8 Å². The Morgan fingerprint density at radius 2 is 2.04 bits per heavy atom. The molecule has 114 valence electrons. The molecule has 0 saturated heterocycles. The Kier molecular flexibility index (Phi) is 3.39. The van der Waals surface area contributed by atoms with Crippen molar-refractivity contribution in [1.29, 1.82) is 0 Å². The van der Waals surface area contributed by atoms with Crippen molar-refractivity contribution in [3.8, 4) is 0 Å². The molecule has 4 aromatic rings. The van der Waals surface area contributed by atoms with Crippen molar-refractivity contribution in [2.45, 2.75) is 6.54 Å². The maximum absolute atomic E-state index is 13.3. The van der Waals surface area contributed by atoms with Crippen molar-refractivity contribution in [2.75, 3.05) is 0 Å². The summed E-state index contributed by atoms with van der Waals surface area (Å²) in [6, 6.07) is 11.8. The van der Waals surface area contributed by atoms with E-state index in [4.69, 9.17) is 11.6 Å². The Morgan fingerprint density at radius 1 is 1.22 bits per heavy atom. The maximum Gasteiger partial charge on any atom is 0.271 e. The fourth-order valence-corrected chi connectivity index (χ4v) is 4.07. The van der Waals surface area contributed by atoms with Gasteiger partial charge in [-0.3, -0.25) is 9.36 Å². The summed E-state index contributed by atoms with van der Waals surface area (Å²) in [7, 11) is 0. The van der Waals surface area contributed by atoms with Gasteiger partial charge in [0.25, 0.3) is 5.56 Å². The number of aromatic nitrogens is 2. The number of thiophene rings is 1. The summed E-state index contributed by atoms with van der Waals surface area (Å²) in [6.07, 6.45) is 1.49. The van der Waals surface area contributed by atoms with E-state index in [1.165, 1.54) is 34.4 Å². The molecule has 0 spiro atoms. The normalized spacial score (nSPS) is 11.4. The van der Waals surface area contributed by atoms with Crippen molar-refractivity contribution in [1.82, 2.24) is 9.55 Å². The van der Waals surface area contributed by atoms with Gasteiger partial charge in [-0.15, -0.1) is 11.3 Å². The molecular weight excluding hydrogens is 335 g/mol. The molecule has 0 amide bonds. The molecule has 4 rings (SSSR count). The Morgan fingerprint density at radius 3 is 2.87 bits per heavy atom. The van der Waals surface area contributed by atoms with Crippen molar-refractivity contribution < 1.29 is 4.39 Å². The van der Waals surface area contributed by atoms with Gasteiger partial charge < -0.3 is 0 Å². The highest BCUT2D eigenvalue weighted by molar-refractivity contribution is 7.25. The molecule has 0 N–H and O–H groups in total. The van der Waals surface area contributed by atoms with Crippen molar-refractivity contribution in [3.63, 3.8) is 0 Å². The summed E-state index contributed by atoms with van der Waals surface area (Å²) in [5.74, 6) is -0.321. The van der Waals surface area contributed by atoms with Gasteiger partial charge in [-0.25, -0.2) is 9.37 Å². The maximum atomic E-state index is 13.3. The van der Waals surface area contributed by atoms with Crippen LogP contribution in [0.1, 0.15) is 5.56 Å². The number of fused-ring (bicyclic) bond motifs is 3. The molecule has 0 aliphatic rings. The first-order valence-corrected chi connectivity index (χ1v) is 8.13. The van der Waals surface area contributed by atoms with Crippen LogP contribution >= 0.6 is 22.9 Å². The van der Waals surface area contributed by atoms with Gasteiger partial charge in [-0.2, -0.15) is 0 Å². The van der Waals surface area contributed by atoms with Crippen LogP contribution < -0.4 is 5.56 Å². The van der Waals surface area contributed by atoms with Crippen molar-refractivity contribution in [3.05, 3.63) is 75.5 Å². The van der Waals surface area contributed by atoms with Gasteiger partial charge in [0, 0.05) is 10.1 Å². The summed E-state index contributed by atoms with van der Waals surface area (Å²) in [5, 5.41) is 1.40. The lowest BCUT2D eigenvalue weighted by Gasteiger charge is -2.05. The molecule has 0 atom stereocenters. The van der Waals surface area contributed by atoms with Crippen molar-refractivity contribution >= 4 is 43.2 Å². The number of benzene rings is 2. The van der Waals surface area contributed by atoms with Gasteiger partial charge >= 0.3 is 0 Å². The highest BCUT2D eigenvalue weighted by Crippen LogP contribution is 2.34. The summed E-state index contributed by atoms with van der Waals surface area (Å²) in [5.41, 5.74) is 1.19. The molecule has 0 saturated carbocycles. The number of nitrogens with zero attached hydrogens (tertiary/aromatic N) is 2. The van der Waals surface area contributed by atoms with E-state index in [0.29, 0.717) is 20.8 Å². The molecule has 0 radical (unpaired) electrons. The Balaban J connectivity index is 1.90. The Labute approximate surface area is 139 Å². The molecule has 2 aromatic carbocycles. The number of rotatable bonds is 2. The van der Waals surface area contributed by atoms with Gasteiger partial charge in [0.2, 0.25) is 0 Å². The minimum atomic E-state index is -0.321. The zero-order valence-corrected chi connectivity index (χ0v) is 13.4. The fourth-order valence-electron chi connectivity index (χ4n) is 2.61. The standard InChI is InChI=1S/C17H10ClFN2OS/c18-12-5-2-6-13-14(12)15-16(23-13)17(22)21(9-20-15)8-10-3-1-4-11(19)7-10/h1-7,9H,8H2. The van der Waals surface area contributed by atoms with Gasteiger partial charge in [-0.05, 0) is 29.8 Å². The van der Waals surface area contributed by atoms with E-state index < -0.39 is 0 Å². The second kappa shape index (κ2) is 5.44. The van der Waals surface area contributed by atoms with E-state index in [1.54, 1.807) is 18.2 Å². The second-order valence-corrected chi connectivity index (χ2v) is 6.66. The lowest BCUT2D eigenvalue weighted by Crippen LogP contribution is -2.20. The minimum Gasteiger partial charge on any atom is -0.294 e. The molecule has 0 fully saturated rings. The monoisotopic (exact) mass is 344 g/mol. The lowest BCUT2D eigenvalue weighted by molar-refractivity contribution is 0.622. The quantitative estimate of drug-likeness (QED) is 0.538. The highest BCUT2D eigenvalue weighted by atomic mass is 35.5. The Bertz CT molecular complexity index is 1100. The predicted molar refractivity (Wildman–Crippen MR) is 91.9 cm³/mol. The molecule has 0 unspecified atom stereocenters. The predicted octanol–water partition coefficient (Wildman–Crippen LogP) is 4.45. The van der Waals surface area contributed by atoms with E-state index >= 15 is 0 Å². The minimum absolute atomic E-state index is 0.142. The van der Waals surface area contributed by atoms with Crippen LogP contribution in [0.2, 0.25) is 5.02 Å². The van der Waals surface area contributed by atoms with Gasteiger partial charge in [0.05, 0.1) is 23.4 Å². The topological polar surface area (TPSA) is 34.9 Å². The first-order chi connectivity index (χ1) is 11.1. The molecule has 0 aliphatic carbocycles. The first-order valence-electron chi connectivity index (χ1n) is 6.94. The van der Waals surface area contributed by atoms with E-state index in [2.05, 4.69) is 4.98 Å². The smallest absolute Gasteiger partial charge is 0.271 e. The van der Waals surface area contributed by atoms with E-state index in [-0.39, 0.29) is 17.9 Å². The van der Waals surface area contributed by atoms with Crippen LogP contribution in [0.4, 0.5) is 4.39 Å². The fraction of sp³-hybridized carbons (Fsp3) is 0.0588. The summed E-state index contributed by atoms with van der Waals surface area (Å²) in [4.78, 5) is 17.1. The van der Waals surface area contributed by atoms with Crippen LogP contribution in [-0.2, 0) is 6.54 Å². The summed E-state index contributed by atoms with van der Waals surface area (Å²) < 4.78 is 16.3. The van der Waals surface area contributed by atoms with Crippen LogP contribution in [0.15, 0.2) is 53.6 Å². The molecule has 2 heterocycles. The van der Waals surface area contributed by atoms with Crippen LogP contribution in [0, 0.1) is 5.82 Å². The molecule has 0 aliphatic heterocycles. The van der Waals surface area contributed by atoms with Crippen LogP contribution in [0.5, 0.6) is 0 Å². The third-order valence-electron chi connectivity index (χ3n) is 3.66. The van der Waals surface area contributed by atoms with Crippen molar-refractivity contribution in [2.24, 2.45) is 0 Å². The van der Waals surface area contributed by atoms with Crippen LogP contribution in [0.25, 0.3) is 20.3 Å². The third kappa shape index (κ3) is 2.42. The average Bonchev–Trinajstić information content (AvgIpc) is 2.91. The lowest BCUT2D eigenvalue weighted by atomic mass is 10.2. The summed E-state index contributed by atoms with van der Waals surface area (Å²) >= 11 is 7.61. The average molecular weight is 345 g/mol. The number of hydrogen-bond acceptors (Lipinski definition) is 3. The largest absolute Gasteiger partial charge is 0.294 e. The van der Waals surface area contributed by atoms with Gasteiger partial charge in [0.1, 0.15) is 10.5 Å². The molecule has 23 heavy (non-hydrogen) atoms.